The first kappa shape index (κ1) is 13.5. The number of hydrogen-bond donors (Lipinski definition) is 1. The zero-order valence-electron chi connectivity index (χ0n) is 11.5. The molecule has 0 bridgehead atoms. The van der Waals surface area contributed by atoms with Crippen LogP contribution in [-0.4, -0.2) is 29.0 Å². The number of nitrogens with two attached hydrogens (primary N) is 1. The van der Waals surface area contributed by atoms with Crippen LogP contribution in [-0.2, 0) is 0 Å². The van der Waals surface area contributed by atoms with Crippen molar-refractivity contribution in [2.24, 2.45) is 11.7 Å². The second-order valence-corrected chi connectivity index (χ2v) is 5.78. The lowest BCUT2D eigenvalue weighted by Crippen LogP contribution is -2.41. The molecule has 2 unspecified atom stereocenters. The quantitative estimate of drug-likeness (QED) is 0.892. The molecular weight excluding hydrogens is 222 g/mol. The SMILES string of the molecule is CC(C)CN1CCCCC(N)C1c1cccnc1. The highest BCUT2D eigenvalue weighted by molar-refractivity contribution is 5.17. The maximum atomic E-state index is 6.41. The number of hydrogen-bond acceptors (Lipinski definition) is 3. The summed E-state index contributed by atoms with van der Waals surface area (Å²) in [5.41, 5.74) is 7.68. The summed E-state index contributed by atoms with van der Waals surface area (Å²) < 4.78 is 0. The fourth-order valence-corrected chi connectivity index (χ4v) is 2.95. The third-order valence-corrected chi connectivity index (χ3v) is 3.66. The average molecular weight is 247 g/mol. The smallest absolute Gasteiger partial charge is 0.0514 e. The molecule has 1 saturated heterocycles. The molecule has 100 valence electrons. The van der Waals surface area contributed by atoms with E-state index in [1.807, 2.05) is 18.5 Å². The van der Waals surface area contributed by atoms with Gasteiger partial charge in [0.05, 0.1) is 6.04 Å². The molecule has 0 amide bonds. The van der Waals surface area contributed by atoms with E-state index in [0.29, 0.717) is 12.0 Å². The van der Waals surface area contributed by atoms with Crippen LogP contribution < -0.4 is 5.73 Å². The minimum absolute atomic E-state index is 0.232. The maximum Gasteiger partial charge on any atom is 0.0514 e. The van der Waals surface area contributed by atoms with E-state index >= 15 is 0 Å². The predicted molar refractivity (Wildman–Crippen MR) is 75.2 cm³/mol. The van der Waals surface area contributed by atoms with Crippen molar-refractivity contribution in [3.05, 3.63) is 30.1 Å². The molecule has 0 saturated carbocycles. The summed E-state index contributed by atoms with van der Waals surface area (Å²) in [6, 6.07) is 4.75. The highest BCUT2D eigenvalue weighted by atomic mass is 15.2. The van der Waals surface area contributed by atoms with Gasteiger partial charge in [-0.15, -0.1) is 0 Å². The maximum absolute atomic E-state index is 6.41. The topological polar surface area (TPSA) is 42.1 Å². The first-order valence-electron chi connectivity index (χ1n) is 7.08. The Morgan fingerprint density at radius 1 is 1.44 bits per heavy atom. The van der Waals surface area contributed by atoms with Gasteiger partial charge in [-0.1, -0.05) is 26.3 Å². The Labute approximate surface area is 110 Å². The molecule has 1 aliphatic heterocycles. The minimum Gasteiger partial charge on any atom is -0.326 e. The third-order valence-electron chi connectivity index (χ3n) is 3.66. The highest BCUT2D eigenvalue weighted by Gasteiger charge is 2.29. The van der Waals surface area contributed by atoms with Gasteiger partial charge in [0.15, 0.2) is 0 Å². The fraction of sp³-hybridized carbons (Fsp3) is 0.667. The van der Waals surface area contributed by atoms with Crippen LogP contribution in [0.15, 0.2) is 24.5 Å². The van der Waals surface area contributed by atoms with E-state index in [1.165, 1.54) is 18.4 Å². The molecule has 2 rings (SSSR count). The standard InChI is InChI=1S/C15H25N3/c1-12(2)11-18-9-4-3-7-14(16)15(18)13-6-5-8-17-10-13/h5-6,8,10,12,14-15H,3-4,7,9,11,16H2,1-2H3. The van der Waals surface area contributed by atoms with Crippen LogP contribution >= 0.6 is 0 Å². The molecule has 18 heavy (non-hydrogen) atoms. The van der Waals surface area contributed by atoms with Crippen molar-refractivity contribution in [3.8, 4) is 0 Å². The second kappa shape index (κ2) is 6.30. The van der Waals surface area contributed by atoms with Crippen LogP contribution in [0.3, 0.4) is 0 Å². The summed E-state index contributed by atoms with van der Waals surface area (Å²) in [7, 11) is 0. The molecule has 0 spiro atoms. The molecule has 0 aromatic carbocycles. The summed E-state index contributed by atoms with van der Waals surface area (Å²) in [5, 5.41) is 0. The Balaban J connectivity index is 2.23. The molecule has 3 nitrogen and oxygen atoms in total. The molecule has 3 heteroatoms. The lowest BCUT2D eigenvalue weighted by molar-refractivity contribution is 0.165. The molecule has 1 aromatic rings. The number of rotatable bonds is 3. The van der Waals surface area contributed by atoms with Crippen LogP contribution in [0.1, 0.15) is 44.7 Å². The monoisotopic (exact) mass is 247 g/mol. The van der Waals surface area contributed by atoms with Crippen LogP contribution in [0.5, 0.6) is 0 Å². The zero-order chi connectivity index (χ0) is 13.0. The van der Waals surface area contributed by atoms with E-state index in [9.17, 15) is 0 Å². The van der Waals surface area contributed by atoms with E-state index in [4.69, 9.17) is 5.73 Å². The van der Waals surface area contributed by atoms with Gasteiger partial charge in [-0.05, 0) is 36.9 Å². The molecule has 2 atom stereocenters. The molecule has 2 N–H and O–H groups in total. The Hall–Kier alpha value is -0.930. The van der Waals surface area contributed by atoms with Crippen molar-refractivity contribution >= 4 is 0 Å². The molecule has 1 aliphatic rings. The van der Waals surface area contributed by atoms with Gasteiger partial charge >= 0.3 is 0 Å². The molecule has 0 aliphatic carbocycles. The van der Waals surface area contributed by atoms with Gasteiger partial charge in [0, 0.05) is 25.0 Å². The van der Waals surface area contributed by atoms with Gasteiger partial charge in [0.1, 0.15) is 0 Å². The molecular formula is C15H25N3. The van der Waals surface area contributed by atoms with Crippen molar-refractivity contribution in [3.63, 3.8) is 0 Å². The largest absolute Gasteiger partial charge is 0.326 e. The molecule has 0 radical (unpaired) electrons. The number of aromatic nitrogens is 1. The number of pyridine rings is 1. The Kier molecular flexibility index (Phi) is 4.72. The van der Waals surface area contributed by atoms with Crippen molar-refractivity contribution in [1.82, 2.24) is 9.88 Å². The van der Waals surface area contributed by atoms with Gasteiger partial charge in [-0.3, -0.25) is 9.88 Å². The minimum atomic E-state index is 0.232. The van der Waals surface area contributed by atoms with E-state index < -0.39 is 0 Å². The van der Waals surface area contributed by atoms with Crippen LogP contribution in [0.25, 0.3) is 0 Å². The first-order valence-corrected chi connectivity index (χ1v) is 7.08. The van der Waals surface area contributed by atoms with Gasteiger partial charge in [-0.2, -0.15) is 0 Å². The summed E-state index contributed by atoms with van der Waals surface area (Å²) in [5.74, 6) is 0.675. The normalized spacial score (nSPS) is 26.2. The lowest BCUT2D eigenvalue weighted by Gasteiger charge is -2.34. The van der Waals surface area contributed by atoms with Crippen molar-refractivity contribution in [2.45, 2.75) is 45.2 Å². The summed E-state index contributed by atoms with van der Waals surface area (Å²) in [4.78, 5) is 6.81. The Bertz CT molecular complexity index is 350. The van der Waals surface area contributed by atoms with Crippen LogP contribution in [0.2, 0.25) is 0 Å². The summed E-state index contributed by atoms with van der Waals surface area (Å²) in [6.07, 6.45) is 7.43. The van der Waals surface area contributed by atoms with Gasteiger partial charge < -0.3 is 5.73 Å². The van der Waals surface area contributed by atoms with Crippen molar-refractivity contribution in [1.29, 1.82) is 0 Å². The summed E-state index contributed by atoms with van der Waals surface area (Å²) in [6.45, 7) is 6.83. The van der Waals surface area contributed by atoms with Crippen LogP contribution in [0.4, 0.5) is 0 Å². The van der Waals surface area contributed by atoms with Crippen molar-refractivity contribution < 1.29 is 0 Å². The van der Waals surface area contributed by atoms with E-state index in [-0.39, 0.29) is 6.04 Å². The predicted octanol–water partition coefficient (Wildman–Crippen LogP) is 2.59. The first-order chi connectivity index (χ1) is 8.68. The second-order valence-electron chi connectivity index (χ2n) is 5.78. The molecule has 2 heterocycles. The summed E-state index contributed by atoms with van der Waals surface area (Å²) >= 11 is 0. The zero-order valence-corrected chi connectivity index (χ0v) is 11.5. The fourth-order valence-electron chi connectivity index (χ4n) is 2.95. The van der Waals surface area contributed by atoms with Crippen molar-refractivity contribution in [2.75, 3.05) is 13.1 Å². The van der Waals surface area contributed by atoms with Gasteiger partial charge in [-0.25, -0.2) is 0 Å². The third kappa shape index (κ3) is 3.30. The van der Waals surface area contributed by atoms with Crippen LogP contribution in [0, 0.1) is 5.92 Å². The molecule has 1 aromatic heterocycles. The average Bonchev–Trinajstić information content (AvgIpc) is 2.51. The van der Waals surface area contributed by atoms with E-state index in [2.05, 4.69) is 29.8 Å². The van der Waals surface area contributed by atoms with E-state index in [1.54, 1.807) is 0 Å². The van der Waals surface area contributed by atoms with Gasteiger partial charge in [0.2, 0.25) is 0 Å². The lowest BCUT2D eigenvalue weighted by atomic mass is 9.97. The van der Waals surface area contributed by atoms with E-state index in [0.717, 1.165) is 19.5 Å². The number of nitrogens with zero attached hydrogens (tertiary/aromatic N) is 2. The number of likely N-dealkylation sites (tertiary alicyclic amines) is 1. The molecule has 1 fully saturated rings. The highest BCUT2D eigenvalue weighted by Crippen LogP contribution is 2.29. The van der Waals surface area contributed by atoms with Gasteiger partial charge in [0.25, 0.3) is 0 Å². The Morgan fingerprint density at radius 3 is 2.94 bits per heavy atom. The Morgan fingerprint density at radius 2 is 2.28 bits per heavy atom.